The summed E-state index contributed by atoms with van der Waals surface area (Å²) in [4.78, 5) is 26.5. The van der Waals surface area contributed by atoms with E-state index in [2.05, 4.69) is 20.8 Å². The smallest absolute Gasteiger partial charge is 0.265 e. The van der Waals surface area contributed by atoms with Crippen LogP contribution >= 0.6 is 0 Å². The van der Waals surface area contributed by atoms with Gasteiger partial charge in [-0.05, 0) is 53.7 Å². The Kier molecular flexibility index (Phi) is 4.71. The number of ether oxygens (including phenoxy) is 1. The Morgan fingerprint density at radius 3 is 2.75 bits per heavy atom. The third-order valence-corrected chi connectivity index (χ3v) is 4.44. The van der Waals surface area contributed by atoms with Gasteiger partial charge in [-0.15, -0.1) is 5.10 Å². The zero-order valence-electron chi connectivity index (χ0n) is 15.1. The average Bonchev–Trinajstić information content (AvgIpc) is 3.19. The lowest BCUT2D eigenvalue weighted by Gasteiger charge is -2.27. The molecule has 0 aliphatic carbocycles. The van der Waals surface area contributed by atoms with Gasteiger partial charge in [-0.1, -0.05) is 12.1 Å². The van der Waals surface area contributed by atoms with E-state index in [1.165, 1.54) is 11.0 Å². The standard InChI is InChI=1S/C19H18N6O3/c1-13-10-18(26)21-16-4-2-3-5-17(16)25(13)19(27)11-28-15-8-6-14(7-9-15)24-12-20-22-23-24/h2-9,12-13H,10-11H2,1H3,(H,21,26)/t13-/m1/s1. The molecular weight excluding hydrogens is 360 g/mol. The Balaban J connectivity index is 1.48. The summed E-state index contributed by atoms with van der Waals surface area (Å²) in [5.41, 5.74) is 2.07. The van der Waals surface area contributed by atoms with Gasteiger partial charge in [0.05, 0.1) is 17.1 Å². The van der Waals surface area contributed by atoms with E-state index in [1.807, 2.05) is 25.1 Å². The highest BCUT2D eigenvalue weighted by molar-refractivity contribution is 6.04. The summed E-state index contributed by atoms with van der Waals surface area (Å²) < 4.78 is 7.19. The summed E-state index contributed by atoms with van der Waals surface area (Å²) in [7, 11) is 0. The number of anilines is 2. The Morgan fingerprint density at radius 2 is 2.00 bits per heavy atom. The molecule has 1 aromatic heterocycles. The van der Waals surface area contributed by atoms with Crippen LogP contribution < -0.4 is 15.0 Å². The fourth-order valence-electron chi connectivity index (χ4n) is 3.16. The van der Waals surface area contributed by atoms with Gasteiger partial charge in [0.2, 0.25) is 5.91 Å². The van der Waals surface area contributed by atoms with Gasteiger partial charge in [0.1, 0.15) is 12.1 Å². The van der Waals surface area contributed by atoms with E-state index in [1.54, 1.807) is 35.2 Å². The minimum atomic E-state index is -0.276. The van der Waals surface area contributed by atoms with Crippen molar-refractivity contribution < 1.29 is 14.3 Å². The third kappa shape index (κ3) is 3.54. The van der Waals surface area contributed by atoms with Crippen LogP contribution in [-0.4, -0.2) is 44.7 Å². The first kappa shape index (κ1) is 17.7. The lowest BCUT2D eigenvalue weighted by Crippen LogP contribution is -2.41. The molecule has 0 spiro atoms. The van der Waals surface area contributed by atoms with Gasteiger partial charge in [-0.3, -0.25) is 9.59 Å². The van der Waals surface area contributed by atoms with Crippen LogP contribution in [-0.2, 0) is 9.59 Å². The highest BCUT2D eigenvalue weighted by Gasteiger charge is 2.29. The van der Waals surface area contributed by atoms with Crippen LogP contribution in [0.2, 0.25) is 0 Å². The number of hydrogen-bond acceptors (Lipinski definition) is 6. The number of rotatable bonds is 4. The number of nitrogens with one attached hydrogen (secondary N) is 1. The second-order valence-electron chi connectivity index (χ2n) is 6.42. The number of benzene rings is 2. The molecule has 0 bridgehead atoms. The minimum Gasteiger partial charge on any atom is -0.484 e. The molecule has 0 saturated carbocycles. The zero-order chi connectivity index (χ0) is 19.5. The third-order valence-electron chi connectivity index (χ3n) is 4.44. The number of para-hydroxylation sites is 2. The van der Waals surface area contributed by atoms with Crippen molar-refractivity contribution in [1.29, 1.82) is 0 Å². The summed E-state index contributed by atoms with van der Waals surface area (Å²) in [6, 6.07) is 14.1. The molecule has 3 aromatic rings. The van der Waals surface area contributed by atoms with Crippen molar-refractivity contribution in [2.75, 3.05) is 16.8 Å². The van der Waals surface area contributed by atoms with Gasteiger partial charge in [0.25, 0.3) is 5.91 Å². The Morgan fingerprint density at radius 1 is 1.21 bits per heavy atom. The molecule has 1 atom stereocenters. The fraction of sp³-hybridized carbons (Fsp3) is 0.211. The minimum absolute atomic E-state index is 0.116. The van der Waals surface area contributed by atoms with E-state index < -0.39 is 0 Å². The first-order chi connectivity index (χ1) is 13.6. The van der Waals surface area contributed by atoms with Crippen LogP contribution in [0.5, 0.6) is 5.75 Å². The van der Waals surface area contributed by atoms with Crippen molar-refractivity contribution in [3.05, 3.63) is 54.9 Å². The number of nitrogens with zero attached hydrogens (tertiary/aromatic N) is 5. The van der Waals surface area contributed by atoms with E-state index in [0.29, 0.717) is 17.1 Å². The van der Waals surface area contributed by atoms with Crippen molar-refractivity contribution in [1.82, 2.24) is 20.2 Å². The van der Waals surface area contributed by atoms with E-state index in [0.717, 1.165) is 5.69 Å². The van der Waals surface area contributed by atoms with E-state index in [9.17, 15) is 9.59 Å². The lowest BCUT2D eigenvalue weighted by atomic mass is 10.1. The summed E-state index contributed by atoms with van der Waals surface area (Å²) in [6.45, 7) is 1.71. The Hall–Kier alpha value is -3.75. The van der Waals surface area contributed by atoms with Crippen LogP contribution in [0.3, 0.4) is 0 Å². The second-order valence-corrected chi connectivity index (χ2v) is 6.42. The number of amides is 2. The Labute approximate surface area is 160 Å². The molecule has 2 aromatic carbocycles. The topological polar surface area (TPSA) is 102 Å². The first-order valence-corrected chi connectivity index (χ1v) is 8.79. The van der Waals surface area contributed by atoms with Crippen molar-refractivity contribution in [3.8, 4) is 11.4 Å². The number of carbonyl (C=O) groups is 2. The normalized spacial score (nSPS) is 16.1. The number of carbonyl (C=O) groups excluding carboxylic acids is 2. The first-order valence-electron chi connectivity index (χ1n) is 8.79. The number of fused-ring (bicyclic) bond motifs is 1. The van der Waals surface area contributed by atoms with Crippen LogP contribution in [0, 0.1) is 0 Å². The zero-order valence-corrected chi connectivity index (χ0v) is 15.1. The average molecular weight is 378 g/mol. The molecule has 2 heterocycles. The number of tetrazole rings is 1. The highest BCUT2D eigenvalue weighted by Crippen LogP contribution is 2.31. The largest absolute Gasteiger partial charge is 0.484 e. The summed E-state index contributed by atoms with van der Waals surface area (Å²) in [6.07, 6.45) is 1.72. The van der Waals surface area contributed by atoms with Gasteiger partial charge in [-0.2, -0.15) is 0 Å². The molecule has 9 heteroatoms. The Bertz CT molecular complexity index is 987. The van der Waals surface area contributed by atoms with E-state index >= 15 is 0 Å². The van der Waals surface area contributed by atoms with Crippen LogP contribution in [0.15, 0.2) is 54.9 Å². The molecule has 28 heavy (non-hydrogen) atoms. The van der Waals surface area contributed by atoms with Crippen molar-refractivity contribution in [2.45, 2.75) is 19.4 Å². The van der Waals surface area contributed by atoms with Crippen molar-refractivity contribution in [3.63, 3.8) is 0 Å². The fourth-order valence-corrected chi connectivity index (χ4v) is 3.16. The molecule has 9 nitrogen and oxygen atoms in total. The molecule has 0 radical (unpaired) electrons. The van der Waals surface area contributed by atoms with Crippen LogP contribution in [0.1, 0.15) is 13.3 Å². The summed E-state index contributed by atoms with van der Waals surface area (Å²) in [5, 5.41) is 13.8. The van der Waals surface area contributed by atoms with Gasteiger partial charge in [-0.25, -0.2) is 4.68 Å². The SMILES string of the molecule is C[C@@H]1CC(=O)Nc2ccccc2N1C(=O)COc1ccc(-n2cnnn2)cc1. The lowest BCUT2D eigenvalue weighted by molar-refractivity contribution is -0.121. The highest BCUT2D eigenvalue weighted by atomic mass is 16.5. The molecule has 142 valence electrons. The van der Waals surface area contributed by atoms with Crippen LogP contribution in [0.25, 0.3) is 5.69 Å². The van der Waals surface area contributed by atoms with Crippen molar-refractivity contribution in [2.24, 2.45) is 0 Å². The maximum atomic E-state index is 12.9. The van der Waals surface area contributed by atoms with Crippen LogP contribution in [0.4, 0.5) is 11.4 Å². The molecule has 4 rings (SSSR count). The predicted octanol–water partition coefficient (Wildman–Crippen LogP) is 1.80. The monoisotopic (exact) mass is 378 g/mol. The predicted molar refractivity (Wildman–Crippen MR) is 101 cm³/mol. The summed E-state index contributed by atoms with van der Waals surface area (Å²) >= 11 is 0. The second kappa shape index (κ2) is 7.47. The van der Waals surface area contributed by atoms with E-state index in [4.69, 9.17) is 4.74 Å². The molecule has 0 unspecified atom stereocenters. The van der Waals surface area contributed by atoms with Crippen molar-refractivity contribution >= 4 is 23.2 Å². The van der Waals surface area contributed by atoms with E-state index in [-0.39, 0.29) is 30.9 Å². The maximum absolute atomic E-state index is 12.9. The molecule has 0 fully saturated rings. The van der Waals surface area contributed by atoms with Gasteiger partial charge in [0, 0.05) is 12.5 Å². The number of hydrogen-bond donors (Lipinski definition) is 1. The van der Waals surface area contributed by atoms with Gasteiger partial charge >= 0.3 is 0 Å². The molecular formula is C19H18N6O3. The van der Waals surface area contributed by atoms with Gasteiger partial charge in [0.15, 0.2) is 6.61 Å². The summed E-state index contributed by atoms with van der Waals surface area (Å²) in [5.74, 6) is 0.213. The maximum Gasteiger partial charge on any atom is 0.265 e. The quantitative estimate of drug-likeness (QED) is 0.743. The molecule has 2 amide bonds. The van der Waals surface area contributed by atoms with Gasteiger partial charge < -0.3 is 15.0 Å². The molecule has 1 aliphatic rings. The molecule has 1 N–H and O–H groups in total. The molecule has 1 aliphatic heterocycles. The number of aromatic nitrogens is 4. The molecule has 0 saturated heterocycles.